The van der Waals surface area contributed by atoms with Gasteiger partial charge in [-0.25, -0.2) is 14.4 Å². The lowest BCUT2D eigenvalue weighted by atomic mass is 10.0. The molecule has 1 heterocycles. The second-order valence-corrected chi connectivity index (χ2v) is 7.65. The zero-order valence-electron chi connectivity index (χ0n) is 17.1. The van der Waals surface area contributed by atoms with Crippen LogP contribution in [-0.2, 0) is 20.8 Å². The fraction of sp³-hybridized carbons (Fsp3) is 0.550. The maximum Gasteiger partial charge on any atom is 0.410 e. The number of hydrogen-bond donors (Lipinski definition) is 0. The molecule has 0 aliphatic carbocycles. The maximum absolute atomic E-state index is 12.2. The van der Waals surface area contributed by atoms with E-state index in [9.17, 15) is 14.4 Å². The summed E-state index contributed by atoms with van der Waals surface area (Å²) >= 11 is 0. The first-order valence-electron chi connectivity index (χ1n) is 9.14. The van der Waals surface area contributed by atoms with Gasteiger partial charge in [0.25, 0.3) is 0 Å². The lowest BCUT2D eigenvalue weighted by Crippen LogP contribution is -2.49. The number of carbonyl (C=O) groups is 3. The Bertz CT molecular complexity index is 698. The summed E-state index contributed by atoms with van der Waals surface area (Å²) in [6.07, 6.45) is -0.312. The number of ether oxygens (including phenoxy) is 3. The summed E-state index contributed by atoms with van der Waals surface area (Å²) in [5, 5.41) is 0. The number of rotatable bonds is 4. The number of piperazine rings is 1. The average molecular weight is 392 g/mol. The minimum absolute atomic E-state index is 0.299. The Labute approximate surface area is 165 Å². The molecule has 1 aromatic rings. The van der Waals surface area contributed by atoms with Crippen LogP contribution in [0.25, 0.3) is 0 Å². The second-order valence-electron chi connectivity index (χ2n) is 7.65. The lowest BCUT2D eigenvalue weighted by molar-refractivity contribution is 0.0138. The number of hydrogen-bond acceptors (Lipinski definition) is 7. The monoisotopic (exact) mass is 392 g/mol. The molecule has 8 heteroatoms. The number of nitrogens with zero attached hydrogens (tertiary/aromatic N) is 2. The van der Waals surface area contributed by atoms with E-state index in [0.29, 0.717) is 43.9 Å². The van der Waals surface area contributed by atoms with Crippen molar-refractivity contribution in [2.24, 2.45) is 0 Å². The fourth-order valence-electron chi connectivity index (χ4n) is 2.93. The third-order valence-electron chi connectivity index (χ3n) is 4.27. The van der Waals surface area contributed by atoms with Gasteiger partial charge in [-0.05, 0) is 44.5 Å². The lowest BCUT2D eigenvalue weighted by Gasteiger charge is -2.35. The van der Waals surface area contributed by atoms with E-state index in [1.165, 1.54) is 20.3 Å². The molecule has 0 radical (unpaired) electrons. The molecule has 0 spiro atoms. The Kier molecular flexibility index (Phi) is 7.01. The molecule has 0 unspecified atom stereocenters. The summed E-state index contributed by atoms with van der Waals surface area (Å²) < 4.78 is 14.9. The molecule has 154 valence electrons. The molecule has 2 rings (SSSR count). The molecule has 28 heavy (non-hydrogen) atoms. The molecule has 1 aliphatic heterocycles. The van der Waals surface area contributed by atoms with E-state index in [-0.39, 0.29) is 6.09 Å². The first-order valence-corrected chi connectivity index (χ1v) is 9.14. The van der Waals surface area contributed by atoms with E-state index in [1.54, 1.807) is 17.0 Å². The van der Waals surface area contributed by atoms with Crippen molar-refractivity contribution in [1.82, 2.24) is 9.80 Å². The third kappa shape index (κ3) is 5.95. The normalized spacial score (nSPS) is 15.1. The van der Waals surface area contributed by atoms with Crippen molar-refractivity contribution >= 4 is 18.0 Å². The van der Waals surface area contributed by atoms with Gasteiger partial charge in [-0.15, -0.1) is 0 Å². The predicted octanol–water partition coefficient (Wildman–Crippen LogP) is 2.31. The number of benzene rings is 1. The van der Waals surface area contributed by atoms with Crippen LogP contribution in [0.5, 0.6) is 0 Å². The number of esters is 2. The molecular weight excluding hydrogens is 364 g/mol. The molecule has 1 aliphatic rings. The Morgan fingerprint density at radius 3 is 1.82 bits per heavy atom. The molecule has 0 aromatic heterocycles. The van der Waals surface area contributed by atoms with Crippen molar-refractivity contribution in [3.63, 3.8) is 0 Å². The van der Waals surface area contributed by atoms with Gasteiger partial charge < -0.3 is 19.1 Å². The van der Waals surface area contributed by atoms with E-state index in [4.69, 9.17) is 14.2 Å². The SMILES string of the molecule is COC(=O)c1cc(CN2CCN(C(=O)OC(C)(C)C)CC2)cc(C(=O)OC)c1. The van der Waals surface area contributed by atoms with Gasteiger partial charge in [0.15, 0.2) is 0 Å². The summed E-state index contributed by atoms with van der Waals surface area (Å²) in [5.74, 6) is -1.02. The van der Waals surface area contributed by atoms with Crippen LogP contribution in [0, 0.1) is 0 Å². The van der Waals surface area contributed by atoms with Crippen LogP contribution in [0.3, 0.4) is 0 Å². The first kappa shape index (κ1) is 21.7. The van der Waals surface area contributed by atoms with Gasteiger partial charge in [-0.1, -0.05) is 0 Å². The maximum atomic E-state index is 12.2. The van der Waals surface area contributed by atoms with Crippen LogP contribution in [0.2, 0.25) is 0 Å². The minimum atomic E-state index is -0.521. The van der Waals surface area contributed by atoms with Crippen LogP contribution in [0.4, 0.5) is 4.79 Å². The number of carbonyl (C=O) groups excluding carboxylic acids is 3. The summed E-state index contributed by atoms with van der Waals surface area (Å²) in [7, 11) is 2.59. The van der Waals surface area contributed by atoms with E-state index in [1.807, 2.05) is 20.8 Å². The van der Waals surface area contributed by atoms with E-state index in [0.717, 1.165) is 5.56 Å². The molecule has 1 amide bonds. The van der Waals surface area contributed by atoms with Crippen molar-refractivity contribution in [2.75, 3.05) is 40.4 Å². The quantitative estimate of drug-likeness (QED) is 0.574. The largest absolute Gasteiger partial charge is 0.465 e. The zero-order valence-corrected chi connectivity index (χ0v) is 17.1. The van der Waals surface area contributed by atoms with Crippen LogP contribution in [0.15, 0.2) is 18.2 Å². The van der Waals surface area contributed by atoms with Gasteiger partial charge in [0.2, 0.25) is 0 Å². The predicted molar refractivity (Wildman–Crippen MR) is 102 cm³/mol. The Balaban J connectivity index is 2.05. The zero-order chi connectivity index (χ0) is 20.9. The Morgan fingerprint density at radius 2 is 1.39 bits per heavy atom. The topological polar surface area (TPSA) is 85.4 Å². The molecule has 0 bridgehead atoms. The fourth-order valence-corrected chi connectivity index (χ4v) is 2.93. The molecule has 0 atom stereocenters. The standard InChI is InChI=1S/C20H28N2O6/c1-20(2,3)28-19(25)22-8-6-21(7-9-22)13-14-10-15(17(23)26-4)12-16(11-14)18(24)27-5/h10-12H,6-9,13H2,1-5H3. The highest BCUT2D eigenvalue weighted by Gasteiger charge is 2.26. The van der Waals surface area contributed by atoms with Crippen molar-refractivity contribution in [1.29, 1.82) is 0 Å². The Hall–Kier alpha value is -2.61. The summed E-state index contributed by atoms with van der Waals surface area (Å²) in [5.41, 5.74) is 0.877. The second kappa shape index (κ2) is 9.05. The van der Waals surface area contributed by atoms with Crippen molar-refractivity contribution < 1.29 is 28.6 Å². The van der Waals surface area contributed by atoms with Gasteiger partial charge in [0, 0.05) is 32.7 Å². The Morgan fingerprint density at radius 1 is 0.893 bits per heavy atom. The molecule has 1 aromatic carbocycles. The average Bonchev–Trinajstić information content (AvgIpc) is 2.65. The highest BCUT2D eigenvalue weighted by molar-refractivity contribution is 5.95. The third-order valence-corrected chi connectivity index (χ3v) is 4.27. The van der Waals surface area contributed by atoms with E-state index >= 15 is 0 Å². The van der Waals surface area contributed by atoms with Crippen LogP contribution >= 0.6 is 0 Å². The van der Waals surface area contributed by atoms with Gasteiger partial charge in [-0.3, -0.25) is 4.90 Å². The molecule has 8 nitrogen and oxygen atoms in total. The first-order chi connectivity index (χ1) is 13.1. The number of methoxy groups -OCH3 is 2. The van der Waals surface area contributed by atoms with Crippen molar-refractivity contribution in [2.45, 2.75) is 32.9 Å². The van der Waals surface area contributed by atoms with Crippen molar-refractivity contribution in [3.8, 4) is 0 Å². The van der Waals surface area contributed by atoms with E-state index < -0.39 is 17.5 Å². The molecular formula is C20H28N2O6. The van der Waals surface area contributed by atoms with Crippen molar-refractivity contribution in [3.05, 3.63) is 34.9 Å². The van der Waals surface area contributed by atoms with Gasteiger partial charge in [-0.2, -0.15) is 0 Å². The van der Waals surface area contributed by atoms with Gasteiger partial charge in [0.1, 0.15) is 5.60 Å². The number of amides is 1. The summed E-state index contributed by atoms with van der Waals surface area (Å²) in [6, 6.07) is 4.87. The molecule has 1 fully saturated rings. The molecule has 0 N–H and O–H groups in total. The summed E-state index contributed by atoms with van der Waals surface area (Å²) in [4.78, 5) is 39.8. The highest BCUT2D eigenvalue weighted by Crippen LogP contribution is 2.17. The van der Waals surface area contributed by atoms with Crippen LogP contribution in [0.1, 0.15) is 47.1 Å². The summed E-state index contributed by atoms with van der Waals surface area (Å²) in [6.45, 7) is 8.49. The van der Waals surface area contributed by atoms with E-state index in [2.05, 4.69) is 4.90 Å². The highest BCUT2D eigenvalue weighted by atomic mass is 16.6. The van der Waals surface area contributed by atoms with Crippen LogP contribution in [-0.4, -0.2) is 73.8 Å². The van der Waals surface area contributed by atoms with Gasteiger partial charge >= 0.3 is 18.0 Å². The molecule has 0 saturated carbocycles. The smallest absolute Gasteiger partial charge is 0.410 e. The van der Waals surface area contributed by atoms with Gasteiger partial charge in [0.05, 0.1) is 25.3 Å². The minimum Gasteiger partial charge on any atom is -0.465 e. The van der Waals surface area contributed by atoms with Crippen LogP contribution < -0.4 is 0 Å². The molecule has 1 saturated heterocycles.